The Morgan fingerprint density at radius 1 is 0.553 bits per heavy atom. The minimum atomic E-state index is -0.399. The van der Waals surface area contributed by atoms with Gasteiger partial charge in [-0.3, -0.25) is 4.57 Å². The number of aryl methyl sites for hydroxylation is 1. The first-order chi connectivity index (χ1) is 25.4. The SMILES string of the molecule is [2H]c1c([2H])c([2H])c(-c2ccccc2-c2c3ccccc3c(-c3ccc4cc(-n5c(CC)nc6ccccc65)ccc4c3)c3ccccc23)c([2H])c1[2H]. The number of para-hydroxylation sites is 2. The molecule has 2 heteroatoms. The Balaban J connectivity index is 1.27. The first-order valence-corrected chi connectivity index (χ1v) is 16.0. The summed E-state index contributed by atoms with van der Waals surface area (Å²) in [5.74, 6) is 1.03. The zero-order chi connectivity index (χ0) is 35.7. The Morgan fingerprint density at radius 2 is 1.15 bits per heavy atom. The van der Waals surface area contributed by atoms with E-state index < -0.39 is 6.04 Å². The molecule has 0 aliphatic carbocycles. The fourth-order valence-corrected chi connectivity index (χ4v) is 7.16. The van der Waals surface area contributed by atoms with Gasteiger partial charge in [0.15, 0.2) is 0 Å². The Labute approximate surface area is 281 Å². The molecule has 222 valence electrons. The number of hydrogen-bond acceptors (Lipinski definition) is 1. The molecule has 0 N–H and O–H groups in total. The van der Waals surface area contributed by atoms with Gasteiger partial charge in [0.05, 0.1) is 17.9 Å². The normalized spacial score (nSPS) is 13.1. The molecule has 0 fully saturated rings. The summed E-state index contributed by atoms with van der Waals surface area (Å²) in [7, 11) is 0. The second kappa shape index (κ2) is 11.1. The Hall–Kier alpha value is -5.99. The summed E-state index contributed by atoms with van der Waals surface area (Å²) in [6.45, 7) is 2.14. The van der Waals surface area contributed by atoms with Crippen LogP contribution >= 0.6 is 0 Å². The highest BCUT2D eigenvalue weighted by Crippen LogP contribution is 2.46. The van der Waals surface area contributed by atoms with E-state index in [4.69, 9.17) is 11.8 Å². The molecule has 0 saturated heterocycles. The Morgan fingerprint density at radius 3 is 1.87 bits per heavy atom. The van der Waals surface area contributed by atoms with Gasteiger partial charge in [-0.1, -0.05) is 140 Å². The molecule has 0 spiro atoms. The van der Waals surface area contributed by atoms with Gasteiger partial charge >= 0.3 is 0 Å². The number of rotatable bonds is 5. The lowest BCUT2D eigenvalue weighted by Crippen LogP contribution is -2.00. The van der Waals surface area contributed by atoms with Gasteiger partial charge in [0.25, 0.3) is 0 Å². The van der Waals surface area contributed by atoms with Crippen LogP contribution in [0, 0.1) is 0 Å². The molecule has 0 saturated carbocycles. The zero-order valence-corrected chi connectivity index (χ0v) is 25.8. The average Bonchev–Trinajstić information content (AvgIpc) is 3.57. The van der Waals surface area contributed by atoms with E-state index in [0.29, 0.717) is 5.56 Å². The standard InChI is InChI=1S/C45H32N2/c1-2-43-46-41-22-12-13-23-42(41)47(43)34-27-26-31-28-33(25-24-32(31)29-34)44-37-18-8-10-20-39(37)45(40-21-11-9-19-38(40)44)36-17-7-6-16-35(36)30-14-4-3-5-15-30/h3-29H,2H2,1H3/i3D,4D,5D,14D,15D. The van der Waals surface area contributed by atoms with Gasteiger partial charge < -0.3 is 0 Å². The van der Waals surface area contributed by atoms with Gasteiger partial charge in [0.1, 0.15) is 5.82 Å². The van der Waals surface area contributed by atoms with Crippen LogP contribution in [0.5, 0.6) is 0 Å². The predicted octanol–water partition coefficient (Wildman–Crippen LogP) is 12.0. The van der Waals surface area contributed by atoms with Crippen molar-refractivity contribution in [2.75, 3.05) is 0 Å². The Bertz CT molecular complexity index is 2820. The van der Waals surface area contributed by atoms with Gasteiger partial charge in [0.2, 0.25) is 0 Å². The second-order valence-electron chi connectivity index (χ2n) is 11.8. The molecule has 0 unspecified atom stereocenters. The summed E-state index contributed by atoms with van der Waals surface area (Å²) >= 11 is 0. The van der Waals surface area contributed by atoms with Gasteiger partial charge in [-0.25, -0.2) is 4.98 Å². The fraction of sp³-hybridized carbons (Fsp3) is 0.0444. The van der Waals surface area contributed by atoms with Gasteiger partial charge in [0, 0.05) is 12.1 Å². The molecule has 0 amide bonds. The van der Waals surface area contributed by atoms with E-state index in [1.807, 2.05) is 42.5 Å². The predicted molar refractivity (Wildman–Crippen MR) is 199 cm³/mol. The van der Waals surface area contributed by atoms with Crippen molar-refractivity contribution in [1.29, 1.82) is 0 Å². The topological polar surface area (TPSA) is 17.8 Å². The third-order valence-corrected chi connectivity index (χ3v) is 9.21. The fourth-order valence-electron chi connectivity index (χ4n) is 7.16. The van der Waals surface area contributed by atoms with Crippen LogP contribution in [-0.4, -0.2) is 9.55 Å². The molecule has 8 aromatic carbocycles. The molecule has 0 atom stereocenters. The van der Waals surface area contributed by atoms with Crippen LogP contribution in [0.25, 0.3) is 82.4 Å². The number of benzene rings is 8. The zero-order valence-electron chi connectivity index (χ0n) is 30.8. The highest BCUT2D eigenvalue weighted by molar-refractivity contribution is 6.22. The molecule has 9 aromatic rings. The van der Waals surface area contributed by atoms with E-state index in [1.54, 1.807) is 0 Å². The van der Waals surface area contributed by atoms with Crippen molar-refractivity contribution in [3.8, 4) is 39.1 Å². The molecule has 0 aliphatic rings. The summed E-state index contributed by atoms with van der Waals surface area (Å²) in [5, 5.41) is 6.45. The summed E-state index contributed by atoms with van der Waals surface area (Å²) < 4.78 is 44.8. The van der Waals surface area contributed by atoms with E-state index in [9.17, 15) is 0 Å². The lowest BCUT2D eigenvalue weighted by atomic mass is 9.83. The molecule has 0 aliphatic heterocycles. The largest absolute Gasteiger partial charge is 0.296 e. The molecular formula is C45H32N2. The average molecular weight is 606 g/mol. The van der Waals surface area contributed by atoms with E-state index >= 15 is 0 Å². The van der Waals surface area contributed by atoms with Crippen molar-refractivity contribution >= 4 is 43.4 Å². The second-order valence-corrected chi connectivity index (χ2v) is 11.8. The molecule has 9 rings (SSSR count). The van der Waals surface area contributed by atoms with E-state index in [2.05, 4.69) is 102 Å². The smallest absolute Gasteiger partial charge is 0.114 e. The van der Waals surface area contributed by atoms with Crippen molar-refractivity contribution in [1.82, 2.24) is 9.55 Å². The molecule has 1 aromatic heterocycles. The van der Waals surface area contributed by atoms with Crippen molar-refractivity contribution in [2.45, 2.75) is 13.3 Å². The molecule has 0 bridgehead atoms. The van der Waals surface area contributed by atoms with Gasteiger partial charge in [-0.15, -0.1) is 0 Å². The number of aromatic nitrogens is 2. The maximum absolute atomic E-state index is 8.80. The van der Waals surface area contributed by atoms with Crippen molar-refractivity contribution in [3.05, 3.63) is 169 Å². The van der Waals surface area contributed by atoms with Gasteiger partial charge in [-0.05, 0) is 96.0 Å². The highest BCUT2D eigenvalue weighted by atomic mass is 15.1. The number of fused-ring (bicyclic) bond motifs is 4. The first-order valence-electron chi connectivity index (χ1n) is 18.5. The van der Waals surface area contributed by atoms with E-state index in [1.165, 1.54) is 0 Å². The maximum Gasteiger partial charge on any atom is 0.114 e. The van der Waals surface area contributed by atoms with Crippen LogP contribution in [0.1, 0.15) is 19.6 Å². The van der Waals surface area contributed by atoms with Gasteiger partial charge in [-0.2, -0.15) is 0 Å². The molecule has 47 heavy (non-hydrogen) atoms. The van der Waals surface area contributed by atoms with Crippen LogP contribution in [-0.2, 0) is 6.42 Å². The minimum absolute atomic E-state index is 0.197. The quantitative estimate of drug-likeness (QED) is 0.178. The highest BCUT2D eigenvalue weighted by Gasteiger charge is 2.19. The number of nitrogens with zero attached hydrogens (tertiary/aromatic N) is 2. The minimum Gasteiger partial charge on any atom is -0.296 e. The van der Waals surface area contributed by atoms with Crippen LogP contribution in [0.4, 0.5) is 0 Å². The van der Waals surface area contributed by atoms with Crippen molar-refractivity contribution in [2.24, 2.45) is 0 Å². The van der Waals surface area contributed by atoms with Crippen LogP contribution in [0.15, 0.2) is 164 Å². The lowest BCUT2D eigenvalue weighted by Gasteiger charge is -2.20. The molecular weight excluding hydrogens is 569 g/mol. The van der Waals surface area contributed by atoms with Crippen LogP contribution in [0.3, 0.4) is 0 Å². The Kier molecular flexibility index (Phi) is 5.32. The summed E-state index contributed by atoms with van der Waals surface area (Å²) in [4.78, 5) is 4.89. The molecule has 2 nitrogen and oxygen atoms in total. The molecule has 1 heterocycles. The van der Waals surface area contributed by atoms with Crippen molar-refractivity contribution in [3.63, 3.8) is 0 Å². The summed E-state index contributed by atoms with van der Waals surface area (Å²) in [5.41, 5.74) is 7.96. The van der Waals surface area contributed by atoms with Crippen LogP contribution in [0.2, 0.25) is 0 Å². The number of imidazole rings is 1. The summed E-state index contributed by atoms with van der Waals surface area (Å²) in [6.07, 6.45) is 0.828. The van der Waals surface area contributed by atoms with E-state index in [-0.39, 0.29) is 29.7 Å². The third-order valence-electron chi connectivity index (χ3n) is 9.21. The monoisotopic (exact) mass is 605 g/mol. The van der Waals surface area contributed by atoms with Crippen molar-refractivity contribution < 1.29 is 6.85 Å². The van der Waals surface area contributed by atoms with E-state index in [0.717, 1.165) is 83.5 Å². The number of hydrogen-bond donors (Lipinski definition) is 0. The first kappa shape index (κ1) is 22.5. The third kappa shape index (κ3) is 4.45. The lowest BCUT2D eigenvalue weighted by molar-refractivity contribution is 0.909. The molecule has 0 radical (unpaired) electrons. The summed E-state index contributed by atoms with van der Waals surface area (Å²) in [6, 6.07) is 44.4. The van der Waals surface area contributed by atoms with Crippen LogP contribution < -0.4 is 0 Å². The maximum atomic E-state index is 8.80.